The van der Waals surface area contributed by atoms with Crippen LogP contribution in [-0.4, -0.2) is 85.7 Å². The van der Waals surface area contributed by atoms with Gasteiger partial charge >= 0.3 is 0 Å². The lowest BCUT2D eigenvalue weighted by Crippen LogP contribution is -2.57. The number of likely N-dealkylation sites (tertiary alicyclic amines) is 2. The Morgan fingerprint density at radius 2 is 1.67 bits per heavy atom. The topological polar surface area (TPSA) is 13.0 Å². The Bertz CT molecular complexity index is 594. The van der Waals surface area contributed by atoms with E-state index in [0.29, 0.717) is 0 Å². The highest BCUT2D eigenvalue weighted by Gasteiger charge is 2.32. The van der Waals surface area contributed by atoms with E-state index in [0.717, 1.165) is 30.2 Å². The van der Waals surface area contributed by atoms with Crippen molar-refractivity contribution in [2.75, 3.05) is 63.8 Å². The van der Waals surface area contributed by atoms with E-state index in [4.69, 9.17) is 11.6 Å². The average molecular weight is 391 g/mol. The number of hydrogen-bond donors (Lipinski definition) is 0. The smallest absolute Gasteiger partial charge is 0.0426 e. The maximum atomic E-state index is 6.18. The van der Waals surface area contributed by atoms with Gasteiger partial charge in [-0.2, -0.15) is 0 Å². The molecule has 3 saturated heterocycles. The van der Waals surface area contributed by atoms with E-state index in [-0.39, 0.29) is 0 Å². The van der Waals surface area contributed by atoms with Gasteiger partial charge in [0.25, 0.3) is 0 Å². The molecule has 0 saturated carbocycles. The van der Waals surface area contributed by atoms with E-state index < -0.39 is 0 Å². The molecular weight excluding hydrogens is 356 g/mol. The molecule has 150 valence electrons. The van der Waals surface area contributed by atoms with Crippen LogP contribution < -0.4 is 4.90 Å². The van der Waals surface area contributed by atoms with E-state index in [1.165, 1.54) is 77.2 Å². The fraction of sp³-hybridized carbons (Fsp3) is 0.727. The van der Waals surface area contributed by atoms with Gasteiger partial charge in [-0.1, -0.05) is 24.6 Å². The van der Waals surface area contributed by atoms with Crippen molar-refractivity contribution in [3.05, 3.63) is 29.3 Å². The summed E-state index contributed by atoms with van der Waals surface area (Å²) in [6, 6.07) is 9.89. The number of piperazine rings is 1. The monoisotopic (exact) mass is 390 g/mol. The lowest BCUT2D eigenvalue weighted by atomic mass is 9.97. The molecule has 1 aromatic carbocycles. The van der Waals surface area contributed by atoms with Gasteiger partial charge in [0.05, 0.1) is 0 Å². The first-order valence-electron chi connectivity index (χ1n) is 10.9. The first-order valence-corrected chi connectivity index (χ1v) is 11.3. The largest absolute Gasteiger partial charge is 0.369 e. The lowest BCUT2D eigenvalue weighted by molar-refractivity contribution is 0.0427. The van der Waals surface area contributed by atoms with Crippen LogP contribution in [0.5, 0.6) is 0 Å². The van der Waals surface area contributed by atoms with Crippen LogP contribution in [0, 0.1) is 0 Å². The summed E-state index contributed by atoms with van der Waals surface area (Å²) in [6.45, 7) is 13.3. The molecule has 4 nitrogen and oxygen atoms in total. The van der Waals surface area contributed by atoms with E-state index in [1.54, 1.807) is 0 Å². The van der Waals surface area contributed by atoms with E-state index in [1.807, 2.05) is 6.07 Å². The molecule has 0 aromatic heterocycles. The zero-order valence-corrected chi connectivity index (χ0v) is 17.6. The first-order chi connectivity index (χ1) is 13.2. The molecule has 3 fully saturated rings. The van der Waals surface area contributed by atoms with Crippen molar-refractivity contribution >= 4 is 17.3 Å². The first kappa shape index (κ1) is 19.5. The molecular formula is C22H35ClN4. The number of benzene rings is 1. The van der Waals surface area contributed by atoms with Crippen LogP contribution in [-0.2, 0) is 0 Å². The zero-order chi connectivity index (χ0) is 18.6. The van der Waals surface area contributed by atoms with Gasteiger partial charge in [-0.15, -0.1) is 0 Å². The van der Waals surface area contributed by atoms with Gasteiger partial charge in [0, 0.05) is 55.5 Å². The van der Waals surface area contributed by atoms with Crippen LogP contribution >= 0.6 is 11.6 Å². The number of halogens is 1. The number of anilines is 1. The second-order valence-corrected chi connectivity index (χ2v) is 8.90. The predicted octanol–water partition coefficient (Wildman–Crippen LogP) is 3.41. The maximum absolute atomic E-state index is 6.18. The summed E-state index contributed by atoms with van der Waals surface area (Å²) in [5, 5.41) is 0.840. The second kappa shape index (κ2) is 9.13. The van der Waals surface area contributed by atoms with Crippen LogP contribution in [0.15, 0.2) is 24.3 Å². The van der Waals surface area contributed by atoms with Gasteiger partial charge < -0.3 is 9.80 Å². The van der Waals surface area contributed by atoms with Crippen LogP contribution in [0.3, 0.4) is 0 Å². The third-order valence-electron chi connectivity index (χ3n) is 6.95. The Kier molecular flexibility index (Phi) is 6.59. The quantitative estimate of drug-likeness (QED) is 0.780. The van der Waals surface area contributed by atoms with Gasteiger partial charge in [-0.05, 0) is 70.1 Å². The minimum atomic E-state index is 0.754. The molecule has 1 aromatic rings. The number of rotatable bonds is 4. The summed E-state index contributed by atoms with van der Waals surface area (Å²) in [5.41, 5.74) is 1.27. The maximum Gasteiger partial charge on any atom is 0.0426 e. The molecule has 0 bridgehead atoms. The third-order valence-corrected chi connectivity index (χ3v) is 7.19. The Hall–Kier alpha value is -0.810. The minimum Gasteiger partial charge on any atom is -0.369 e. The molecule has 3 heterocycles. The number of piperidine rings is 2. The highest BCUT2D eigenvalue weighted by atomic mass is 35.5. The van der Waals surface area contributed by atoms with Crippen LogP contribution in [0.25, 0.3) is 0 Å². The second-order valence-electron chi connectivity index (χ2n) is 8.46. The SMILES string of the molecule is CCN1CCC(N2CCC[C@@H](N3CCN(c4cccc(Cl)c4)CC3)C2)CC1. The normalized spacial score (nSPS) is 27.2. The standard InChI is InChI=1S/C22H35ClN4/c1-2-24-11-8-20(9-12-24)27-10-4-7-22(18-27)26-15-13-25(14-16-26)21-6-3-5-19(23)17-21/h3,5-6,17,20,22H,2,4,7-16,18H2,1H3/t22-/m1/s1. The number of hydrogen-bond acceptors (Lipinski definition) is 4. The highest BCUT2D eigenvalue weighted by Crippen LogP contribution is 2.26. The Balaban J connectivity index is 1.28. The molecule has 5 heteroatoms. The fourth-order valence-electron chi connectivity index (χ4n) is 5.23. The summed E-state index contributed by atoms with van der Waals surface area (Å²) in [5.74, 6) is 0. The van der Waals surface area contributed by atoms with Crippen LogP contribution in [0.2, 0.25) is 5.02 Å². The van der Waals surface area contributed by atoms with Crippen molar-refractivity contribution in [2.24, 2.45) is 0 Å². The molecule has 0 amide bonds. The molecule has 4 rings (SSSR count). The van der Waals surface area contributed by atoms with Crippen molar-refractivity contribution in [1.29, 1.82) is 0 Å². The Morgan fingerprint density at radius 3 is 2.37 bits per heavy atom. The Morgan fingerprint density at radius 1 is 0.889 bits per heavy atom. The van der Waals surface area contributed by atoms with Gasteiger partial charge in [-0.25, -0.2) is 0 Å². The van der Waals surface area contributed by atoms with Gasteiger partial charge in [-0.3, -0.25) is 9.80 Å². The molecule has 0 aliphatic carbocycles. The van der Waals surface area contributed by atoms with Gasteiger partial charge in [0.2, 0.25) is 0 Å². The van der Waals surface area contributed by atoms with Crippen LogP contribution in [0.4, 0.5) is 5.69 Å². The Labute approximate surface area is 170 Å². The predicted molar refractivity (Wildman–Crippen MR) is 115 cm³/mol. The van der Waals surface area contributed by atoms with E-state index >= 15 is 0 Å². The summed E-state index contributed by atoms with van der Waals surface area (Å²) < 4.78 is 0. The van der Waals surface area contributed by atoms with Crippen molar-refractivity contribution in [2.45, 2.75) is 44.7 Å². The summed E-state index contributed by atoms with van der Waals surface area (Å²) >= 11 is 6.18. The van der Waals surface area contributed by atoms with Crippen molar-refractivity contribution in [3.8, 4) is 0 Å². The zero-order valence-electron chi connectivity index (χ0n) is 16.8. The van der Waals surface area contributed by atoms with Crippen LogP contribution in [0.1, 0.15) is 32.6 Å². The number of nitrogens with zero attached hydrogens (tertiary/aromatic N) is 4. The molecule has 0 spiro atoms. The molecule has 3 aliphatic heterocycles. The molecule has 0 N–H and O–H groups in total. The molecule has 1 atom stereocenters. The highest BCUT2D eigenvalue weighted by molar-refractivity contribution is 6.30. The van der Waals surface area contributed by atoms with Crippen molar-refractivity contribution in [1.82, 2.24) is 14.7 Å². The molecule has 3 aliphatic rings. The summed E-state index contributed by atoms with van der Waals surface area (Å²) in [6.07, 6.45) is 5.47. The van der Waals surface area contributed by atoms with Gasteiger partial charge in [0.1, 0.15) is 0 Å². The third kappa shape index (κ3) is 4.79. The average Bonchev–Trinajstić information content (AvgIpc) is 2.74. The molecule has 0 unspecified atom stereocenters. The van der Waals surface area contributed by atoms with Gasteiger partial charge in [0.15, 0.2) is 0 Å². The van der Waals surface area contributed by atoms with Crippen molar-refractivity contribution < 1.29 is 0 Å². The van der Waals surface area contributed by atoms with Crippen molar-refractivity contribution in [3.63, 3.8) is 0 Å². The molecule has 27 heavy (non-hydrogen) atoms. The molecule has 0 radical (unpaired) electrons. The summed E-state index contributed by atoms with van der Waals surface area (Å²) in [4.78, 5) is 10.7. The van der Waals surface area contributed by atoms with E-state index in [9.17, 15) is 0 Å². The fourth-order valence-corrected chi connectivity index (χ4v) is 5.42. The lowest BCUT2D eigenvalue weighted by Gasteiger charge is -2.47. The van der Waals surface area contributed by atoms with E-state index in [2.05, 4.69) is 44.7 Å². The minimum absolute atomic E-state index is 0.754. The summed E-state index contributed by atoms with van der Waals surface area (Å²) in [7, 11) is 0.